The normalized spacial score (nSPS) is 9.71. The summed E-state index contributed by atoms with van der Waals surface area (Å²) in [5, 5.41) is 20.7. The molecule has 0 aliphatic heterocycles. The average Bonchev–Trinajstić information content (AvgIpc) is 2.49. The van der Waals surface area contributed by atoms with Crippen molar-refractivity contribution < 1.29 is 19.2 Å². The molecule has 1 heterocycles. The smallest absolute Gasteiger partial charge is 0.341 e. The Morgan fingerprint density at radius 2 is 2.50 bits per heavy atom. The number of methoxy groups -OCH3 is 1. The van der Waals surface area contributed by atoms with Gasteiger partial charge in [0.1, 0.15) is 17.9 Å². The molecule has 0 atom stereocenters. The van der Waals surface area contributed by atoms with E-state index in [-0.39, 0.29) is 30.0 Å². The van der Waals surface area contributed by atoms with Gasteiger partial charge in [-0.1, -0.05) is 5.16 Å². The third kappa shape index (κ3) is 1.89. The maximum atomic E-state index is 10.8. The van der Waals surface area contributed by atoms with Gasteiger partial charge in [0.25, 0.3) is 0 Å². The number of rotatable bonds is 4. The highest BCUT2D eigenvalue weighted by Crippen LogP contribution is 2.15. The molecule has 0 aliphatic carbocycles. The van der Waals surface area contributed by atoms with Crippen molar-refractivity contribution in [2.75, 3.05) is 7.11 Å². The molecule has 0 saturated carbocycles. The number of ether oxygens (including phenoxy) is 1. The Hall–Kier alpha value is -1.87. The zero-order chi connectivity index (χ0) is 10.6. The van der Waals surface area contributed by atoms with Crippen LogP contribution in [-0.2, 0) is 17.8 Å². The number of nitriles is 1. The van der Waals surface area contributed by atoms with Crippen molar-refractivity contribution in [2.45, 2.75) is 13.0 Å². The molecule has 14 heavy (non-hydrogen) atoms. The lowest BCUT2D eigenvalue weighted by molar-refractivity contribution is 0.0687. The molecule has 1 aromatic heterocycles. The summed E-state index contributed by atoms with van der Waals surface area (Å²) >= 11 is 0. The number of hydrogen-bond donors (Lipinski definition) is 1. The maximum absolute atomic E-state index is 10.8. The first-order valence-electron chi connectivity index (χ1n) is 3.77. The molecule has 0 amide bonds. The third-order valence-electron chi connectivity index (χ3n) is 1.57. The molecule has 0 spiro atoms. The minimum atomic E-state index is -1.16. The van der Waals surface area contributed by atoms with Crippen LogP contribution in [0.4, 0.5) is 0 Å². The van der Waals surface area contributed by atoms with Crippen LogP contribution in [0.1, 0.15) is 21.8 Å². The Bertz CT molecular complexity index is 377. The van der Waals surface area contributed by atoms with E-state index in [2.05, 4.69) is 5.16 Å². The van der Waals surface area contributed by atoms with E-state index in [1.165, 1.54) is 7.11 Å². The van der Waals surface area contributed by atoms with Gasteiger partial charge in [-0.2, -0.15) is 5.26 Å². The fraction of sp³-hybridized carbons (Fsp3) is 0.375. The fourth-order valence-electron chi connectivity index (χ4n) is 1.03. The fourth-order valence-corrected chi connectivity index (χ4v) is 1.03. The number of aromatic nitrogens is 1. The standard InChI is InChI=1S/C8H8N2O4/c1-13-4-6-7(8(11)12)5(2-3-9)10-14-6/h2,4H2,1H3,(H,11,12). The van der Waals surface area contributed by atoms with Crippen LogP contribution in [0.15, 0.2) is 4.52 Å². The number of aromatic carboxylic acids is 1. The molecule has 1 N–H and O–H groups in total. The van der Waals surface area contributed by atoms with Crippen molar-refractivity contribution in [1.29, 1.82) is 5.26 Å². The van der Waals surface area contributed by atoms with Crippen LogP contribution in [-0.4, -0.2) is 23.3 Å². The van der Waals surface area contributed by atoms with Crippen molar-refractivity contribution in [3.63, 3.8) is 0 Å². The molecule has 0 aliphatic rings. The predicted molar refractivity (Wildman–Crippen MR) is 43.5 cm³/mol. The SMILES string of the molecule is COCc1onc(CC#N)c1C(=O)O. The molecule has 0 unspecified atom stereocenters. The third-order valence-corrected chi connectivity index (χ3v) is 1.57. The molecule has 0 bridgehead atoms. The van der Waals surface area contributed by atoms with Gasteiger partial charge < -0.3 is 14.4 Å². The van der Waals surface area contributed by atoms with Gasteiger partial charge in [-0.3, -0.25) is 0 Å². The Kier molecular flexibility index (Phi) is 3.20. The maximum Gasteiger partial charge on any atom is 0.341 e. The Morgan fingerprint density at radius 3 is 3.00 bits per heavy atom. The van der Waals surface area contributed by atoms with Gasteiger partial charge >= 0.3 is 5.97 Å². The summed E-state index contributed by atoms with van der Waals surface area (Å²) in [6.07, 6.45) is -0.0884. The van der Waals surface area contributed by atoms with Gasteiger partial charge in [0.05, 0.1) is 12.5 Å². The minimum Gasteiger partial charge on any atom is -0.477 e. The second-order valence-electron chi connectivity index (χ2n) is 2.50. The molecule has 74 valence electrons. The summed E-state index contributed by atoms with van der Waals surface area (Å²) in [5.74, 6) is -1.03. The summed E-state index contributed by atoms with van der Waals surface area (Å²) in [4.78, 5) is 10.8. The van der Waals surface area contributed by atoms with Crippen molar-refractivity contribution in [2.24, 2.45) is 0 Å². The van der Waals surface area contributed by atoms with Gasteiger partial charge in [-0.15, -0.1) is 0 Å². The number of carboxylic acid groups (broad SMARTS) is 1. The van der Waals surface area contributed by atoms with Crippen LogP contribution >= 0.6 is 0 Å². The van der Waals surface area contributed by atoms with Gasteiger partial charge in [0.2, 0.25) is 0 Å². The van der Waals surface area contributed by atoms with Crippen LogP contribution in [0.2, 0.25) is 0 Å². The second-order valence-corrected chi connectivity index (χ2v) is 2.50. The second kappa shape index (κ2) is 4.39. The van der Waals surface area contributed by atoms with Crippen LogP contribution in [0, 0.1) is 11.3 Å². The van der Waals surface area contributed by atoms with E-state index < -0.39 is 5.97 Å². The first kappa shape index (κ1) is 10.2. The number of hydrogen-bond acceptors (Lipinski definition) is 5. The molecule has 0 aromatic carbocycles. The topological polar surface area (TPSA) is 96.4 Å². The zero-order valence-electron chi connectivity index (χ0n) is 7.48. The summed E-state index contributed by atoms with van der Waals surface area (Å²) in [6, 6.07) is 1.81. The first-order valence-corrected chi connectivity index (χ1v) is 3.77. The van der Waals surface area contributed by atoms with Crippen molar-refractivity contribution >= 4 is 5.97 Å². The summed E-state index contributed by atoms with van der Waals surface area (Å²) in [6.45, 7) is 0.0278. The van der Waals surface area contributed by atoms with E-state index in [1.807, 2.05) is 6.07 Å². The van der Waals surface area contributed by atoms with Gasteiger partial charge in [-0.25, -0.2) is 4.79 Å². The first-order chi connectivity index (χ1) is 6.70. The molecular weight excluding hydrogens is 188 g/mol. The van der Waals surface area contributed by atoms with Crippen molar-refractivity contribution in [3.8, 4) is 6.07 Å². The van der Waals surface area contributed by atoms with Crippen molar-refractivity contribution in [3.05, 3.63) is 17.0 Å². The highest BCUT2D eigenvalue weighted by Gasteiger charge is 2.21. The van der Waals surface area contributed by atoms with E-state index in [1.54, 1.807) is 0 Å². The lowest BCUT2D eigenvalue weighted by Gasteiger charge is -1.94. The Balaban J connectivity index is 3.08. The quantitative estimate of drug-likeness (QED) is 0.756. The minimum absolute atomic E-state index is 0.0278. The molecular formula is C8H8N2O4. The van der Waals surface area contributed by atoms with E-state index in [4.69, 9.17) is 19.6 Å². The monoisotopic (exact) mass is 196 g/mol. The molecule has 0 saturated heterocycles. The highest BCUT2D eigenvalue weighted by atomic mass is 16.5. The molecule has 1 rings (SSSR count). The molecule has 1 aromatic rings. The van der Waals surface area contributed by atoms with Gasteiger partial charge in [0.15, 0.2) is 5.76 Å². The summed E-state index contributed by atoms with van der Waals surface area (Å²) in [7, 11) is 1.41. The number of nitrogens with zero attached hydrogens (tertiary/aromatic N) is 2. The largest absolute Gasteiger partial charge is 0.477 e. The molecule has 0 fully saturated rings. The molecule has 0 radical (unpaired) electrons. The lowest BCUT2D eigenvalue weighted by atomic mass is 10.1. The number of carboxylic acids is 1. The lowest BCUT2D eigenvalue weighted by Crippen LogP contribution is -2.03. The summed E-state index contributed by atoms with van der Waals surface area (Å²) in [5.41, 5.74) is 0.0560. The van der Waals surface area contributed by atoms with Gasteiger partial charge in [-0.05, 0) is 0 Å². The average molecular weight is 196 g/mol. The Labute approximate surface area is 79.7 Å². The zero-order valence-corrected chi connectivity index (χ0v) is 7.48. The van der Waals surface area contributed by atoms with Crippen LogP contribution in [0.25, 0.3) is 0 Å². The van der Waals surface area contributed by atoms with E-state index in [9.17, 15) is 4.79 Å². The van der Waals surface area contributed by atoms with E-state index >= 15 is 0 Å². The van der Waals surface area contributed by atoms with Crippen LogP contribution in [0.5, 0.6) is 0 Å². The molecule has 6 nitrogen and oxygen atoms in total. The Morgan fingerprint density at radius 1 is 1.79 bits per heavy atom. The van der Waals surface area contributed by atoms with E-state index in [0.717, 1.165) is 0 Å². The highest BCUT2D eigenvalue weighted by molar-refractivity contribution is 5.90. The molecule has 6 heteroatoms. The van der Waals surface area contributed by atoms with Gasteiger partial charge in [0, 0.05) is 7.11 Å². The summed E-state index contributed by atoms with van der Waals surface area (Å²) < 4.78 is 9.47. The number of carbonyl (C=O) groups is 1. The van der Waals surface area contributed by atoms with Crippen LogP contribution < -0.4 is 0 Å². The predicted octanol–water partition coefficient (Wildman–Crippen LogP) is 0.585. The van der Waals surface area contributed by atoms with Crippen LogP contribution in [0.3, 0.4) is 0 Å². The van der Waals surface area contributed by atoms with Crippen molar-refractivity contribution in [1.82, 2.24) is 5.16 Å². The van der Waals surface area contributed by atoms with E-state index in [0.29, 0.717) is 0 Å².